The summed E-state index contributed by atoms with van der Waals surface area (Å²) in [6, 6.07) is 11.2. The Kier molecular flexibility index (Phi) is 7.03. The van der Waals surface area contributed by atoms with Gasteiger partial charge in [-0.25, -0.2) is 0 Å². The van der Waals surface area contributed by atoms with Crippen LogP contribution in [-0.4, -0.2) is 33.8 Å². The Labute approximate surface area is 171 Å². The second-order valence-electron chi connectivity index (χ2n) is 5.78. The standard InChI is InChI=1S/C18H19ClN4O2S2/c19-13-5-7-14(8-6-13)25-10-2-1-9-20-16(24)12-23-17(21-22-18(23)26)15-4-3-11-27-15/h3-8,11H,1-2,9-10,12H2,(H,20,24)(H,22,26). The molecule has 0 aliphatic rings. The van der Waals surface area contributed by atoms with Gasteiger partial charge in [-0.2, -0.15) is 5.10 Å². The molecule has 142 valence electrons. The van der Waals surface area contributed by atoms with Gasteiger partial charge in [-0.05, 0) is 60.8 Å². The van der Waals surface area contributed by atoms with E-state index in [0.29, 0.717) is 28.8 Å². The van der Waals surface area contributed by atoms with Gasteiger partial charge in [-0.3, -0.25) is 14.5 Å². The Hall–Kier alpha value is -2.16. The van der Waals surface area contributed by atoms with E-state index < -0.39 is 0 Å². The molecule has 0 aliphatic carbocycles. The zero-order valence-electron chi connectivity index (χ0n) is 14.5. The number of unbranched alkanes of at least 4 members (excludes halogenated alkanes) is 1. The molecule has 9 heteroatoms. The number of thiophene rings is 1. The highest BCUT2D eigenvalue weighted by Gasteiger charge is 2.12. The van der Waals surface area contributed by atoms with Crippen molar-refractivity contribution in [3.8, 4) is 16.5 Å². The molecule has 2 aromatic heterocycles. The predicted molar refractivity (Wildman–Crippen MR) is 110 cm³/mol. The fourth-order valence-corrected chi connectivity index (χ4v) is 3.48. The number of ether oxygens (including phenoxy) is 1. The van der Waals surface area contributed by atoms with Crippen molar-refractivity contribution in [3.05, 3.63) is 51.6 Å². The van der Waals surface area contributed by atoms with E-state index in [4.69, 9.17) is 28.6 Å². The van der Waals surface area contributed by atoms with Gasteiger partial charge in [0.2, 0.25) is 5.91 Å². The van der Waals surface area contributed by atoms with Crippen molar-refractivity contribution < 1.29 is 9.53 Å². The molecular weight excluding hydrogens is 404 g/mol. The van der Waals surface area contributed by atoms with Crippen molar-refractivity contribution in [3.63, 3.8) is 0 Å². The van der Waals surface area contributed by atoms with Crippen molar-refractivity contribution in [2.45, 2.75) is 19.4 Å². The minimum Gasteiger partial charge on any atom is -0.494 e. The van der Waals surface area contributed by atoms with Crippen LogP contribution in [0.15, 0.2) is 41.8 Å². The quantitative estimate of drug-likeness (QED) is 0.398. The number of nitrogens with one attached hydrogen (secondary N) is 2. The molecule has 0 spiro atoms. The fourth-order valence-electron chi connectivity index (χ4n) is 2.43. The van der Waals surface area contributed by atoms with Crippen molar-refractivity contribution in [1.82, 2.24) is 20.1 Å². The molecule has 0 saturated carbocycles. The van der Waals surface area contributed by atoms with Gasteiger partial charge in [-0.1, -0.05) is 17.7 Å². The molecule has 0 radical (unpaired) electrons. The number of carbonyl (C=O) groups is 1. The lowest BCUT2D eigenvalue weighted by atomic mass is 10.3. The third-order valence-corrected chi connectivity index (χ3v) is 5.21. The lowest BCUT2D eigenvalue weighted by Crippen LogP contribution is -2.29. The SMILES string of the molecule is O=C(Cn1c(-c2cccs2)n[nH]c1=S)NCCCCOc1ccc(Cl)cc1. The lowest BCUT2D eigenvalue weighted by Gasteiger charge is -2.08. The maximum absolute atomic E-state index is 12.2. The monoisotopic (exact) mass is 422 g/mol. The van der Waals surface area contributed by atoms with Crippen LogP contribution in [0.2, 0.25) is 5.02 Å². The zero-order valence-corrected chi connectivity index (χ0v) is 16.9. The second-order valence-corrected chi connectivity index (χ2v) is 7.55. The fraction of sp³-hybridized carbons (Fsp3) is 0.278. The van der Waals surface area contributed by atoms with E-state index in [2.05, 4.69) is 15.5 Å². The van der Waals surface area contributed by atoms with Crippen molar-refractivity contribution in [2.24, 2.45) is 0 Å². The maximum Gasteiger partial charge on any atom is 0.240 e. The van der Waals surface area contributed by atoms with Gasteiger partial charge in [0, 0.05) is 11.6 Å². The first-order valence-electron chi connectivity index (χ1n) is 8.47. The molecule has 0 atom stereocenters. The third-order valence-electron chi connectivity index (χ3n) is 3.78. The Morgan fingerprint density at radius 2 is 2.11 bits per heavy atom. The van der Waals surface area contributed by atoms with Crippen LogP contribution in [0.3, 0.4) is 0 Å². The lowest BCUT2D eigenvalue weighted by molar-refractivity contribution is -0.121. The minimum atomic E-state index is -0.0936. The summed E-state index contributed by atoms with van der Waals surface area (Å²) in [7, 11) is 0. The summed E-state index contributed by atoms with van der Waals surface area (Å²) in [5.41, 5.74) is 0. The summed E-state index contributed by atoms with van der Waals surface area (Å²) in [4.78, 5) is 13.2. The largest absolute Gasteiger partial charge is 0.494 e. The third kappa shape index (κ3) is 5.66. The first-order chi connectivity index (χ1) is 13.1. The molecule has 3 rings (SSSR count). The highest BCUT2D eigenvalue weighted by atomic mass is 35.5. The molecule has 27 heavy (non-hydrogen) atoms. The highest BCUT2D eigenvalue weighted by Crippen LogP contribution is 2.22. The van der Waals surface area contributed by atoms with Crippen LogP contribution in [0.1, 0.15) is 12.8 Å². The Bertz CT molecular complexity index is 920. The topological polar surface area (TPSA) is 71.9 Å². The first-order valence-corrected chi connectivity index (χ1v) is 10.1. The smallest absolute Gasteiger partial charge is 0.240 e. The molecule has 0 unspecified atom stereocenters. The van der Waals surface area contributed by atoms with E-state index in [-0.39, 0.29) is 12.5 Å². The van der Waals surface area contributed by atoms with E-state index in [1.807, 2.05) is 29.6 Å². The van der Waals surface area contributed by atoms with Crippen LogP contribution in [0, 0.1) is 4.77 Å². The molecule has 0 saturated heterocycles. The van der Waals surface area contributed by atoms with Gasteiger partial charge < -0.3 is 10.1 Å². The molecule has 6 nitrogen and oxygen atoms in total. The summed E-state index contributed by atoms with van der Waals surface area (Å²) >= 11 is 12.6. The van der Waals surface area contributed by atoms with E-state index in [1.165, 1.54) is 0 Å². The van der Waals surface area contributed by atoms with E-state index in [0.717, 1.165) is 23.5 Å². The molecule has 0 aliphatic heterocycles. The summed E-state index contributed by atoms with van der Waals surface area (Å²) in [6.07, 6.45) is 1.67. The minimum absolute atomic E-state index is 0.0936. The Morgan fingerprint density at radius 1 is 1.30 bits per heavy atom. The van der Waals surface area contributed by atoms with Gasteiger partial charge in [0.1, 0.15) is 12.3 Å². The van der Waals surface area contributed by atoms with Crippen LogP contribution in [0.5, 0.6) is 5.75 Å². The van der Waals surface area contributed by atoms with Gasteiger partial charge in [0.15, 0.2) is 10.6 Å². The van der Waals surface area contributed by atoms with Crippen molar-refractivity contribution >= 4 is 41.1 Å². The van der Waals surface area contributed by atoms with Gasteiger partial charge in [-0.15, -0.1) is 11.3 Å². The van der Waals surface area contributed by atoms with E-state index in [9.17, 15) is 4.79 Å². The Morgan fingerprint density at radius 3 is 2.85 bits per heavy atom. The predicted octanol–water partition coefficient (Wildman–Crippen LogP) is 4.30. The summed E-state index contributed by atoms with van der Waals surface area (Å²) in [5, 5.41) is 12.5. The van der Waals surface area contributed by atoms with Crippen molar-refractivity contribution in [2.75, 3.05) is 13.2 Å². The molecule has 1 aromatic carbocycles. The van der Waals surface area contributed by atoms with Crippen LogP contribution >= 0.6 is 35.2 Å². The number of rotatable bonds is 9. The van der Waals surface area contributed by atoms with Crippen molar-refractivity contribution in [1.29, 1.82) is 0 Å². The number of halogens is 1. The normalized spacial score (nSPS) is 10.7. The number of carbonyl (C=O) groups excluding carboxylic acids is 1. The molecular formula is C18H19ClN4O2S2. The van der Waals surface area contributed by atoms with E-state index in [1.54, 1.807) is 28.0 Å². The summed E-state index contributed by atoms with van der Waals surface area (Å²) in [6.45, 7) is 1.32. The molecule has 0 bridgehead atoms. The number of H-pyrrole nitrogens is 1. The highest BCUT2D eigenvalue weighted by molar-refractivity contribution is 7.71. The number of amides is 1. The number of hydrogen-bond acceptors (Lipinski definition) is 5. The maximum atomic E-state index is 12.2. The van der Waals surface area contributed by atoms with E-state index >= 15 is 0 Å². The first kappa shape index (κ1) is 19.6. The van der Waals surface area contributed by atoms with Gasteiger partial charge in [0.25, 0.3) is 0 Å². The molecule has 2 heterocycles. The number of hydrogen-bond donors (Lipinski definition) is 2. The average molecular weight is 423 g/mol. The van der Waals surface area contributed by atoms with Crippen LogP contribution in [0.4, 0.5) is 0 Å². The van der Waals surface area contributed by atoms with Crippen LogP contribution in [0.25, 0.3) is 10.7 Å². The Balaban J connectivity index is 1.39. The molecule has 0 fully saturated rings. The zero-order chi connectivity index (χ0) is 19.1. The summed E-state index contributed by atoms with van der Waals surface area (Å²) < 4.78 is 7.77. The second kappa shape index (κ2) is 9.68. The summed E-state index contributed by atoms with van der Waals surface area (Å²) in [5.74, 6) is 1.38. The molecule has 2 N–H and O–H groups in total. The number of aromatic amines is 1. The molecule has 3 aromatic rings. The average Bonchev–Trinajstić information content (AvgIpc) is 3.30. The number of benzene rings is 1. The van der Waals surface area contributed by atoms with Crippen LogP contribution < -0.4 is 10.1 Å². The van der Waals surface area contributed by atoms with Crippen LogP contribution in [-0.2, 0) is 11.3 Å². The van der Waals surface area contributed by atoms with Gasteiger partial charge >= 0.3 is 0 Å². The number of nitrogens with zero attached hydrogens (tertiary/aromatic N) is 2. The van der Waals surface area contributed by atoms with Gasteiger partial charge in [0.05, 0.1) is 11.5 Å². The number of aromatic nitrogens is 3. The molecule has 1 amide bonds.